The first-order valence-corrected chi connectivity index (χ1v) is 8.30. The minimum Gasteiger partial charge on any atom is -0.488 e. The van der Waals surface area contributed by atoms with Gasteiger partial charge in [0.1, 0.15) is 18.9 Å². The van der Waals surface area contributed by atoms with E-state index in [1.165, 1.54) is 0 Å². The molecule has 0 unspecified atom stereocenters. The Kier molecular flexibility index (Phi) is 3.93. The average molecular weight is 354 g/mol. The van der Waals surface area contributed by atoms with Gasteiger partial charge in [0.25, 0.3) is 0 Å². The highest BCUT2D eigenvalue weighted by molar-refractivity contribution is 6.30. The number of para-hydroxylation sites is 1. The maximum Gasteiger partial charge on any atom is 0.248 e. The fourth-order valence-electron chi connectivity index (χ4n) is 2.97. The highest BCUT2D eigenvalue weighted by Crippen LogP contribution is 2.37. The summed E-state index contributed by atoms with van der Waals surface area (Å²) in [5.41, 5.74) is 3.63. The summed E-state index contributed by atoms with van der Waals surface area (Å²) in [5, 5.41) is 4.99. The van der Waals surface area contributed by atoms with E-state index in [1.54, 1.807) is 35.0 Å². The van der Waals surface area contributed by atoms with E-state index in [0.29, 0.717) is 11.6 Å². The van der Waals surface area contributed by atoms with E-state index in [0.717, 1.165) is 28.3 Å². The van der Waals surface area contributed by atoms with Crippen LogP contribution in [-0.4, -0.2) is 22.7 Å². The van der Waals surface area contributed by atoms with Crippen LogP contribution >= 0.6 is 11.6 Å². The molecule has 1 aromatic heterocycles. The SMILES string of the molecule is CN(C(=O)Cn1ncc2c1-c1ccccc1OC2)c1cccc(Cl)c1. The maximum atomic E-state index is 12.7. The third-order valence-electron chi connectivity index (χ3n) is 4.30. The van der Waals surface area contributed by atoms with Gasteiger partial charge in [-0.3, -0.25) is 9.48 Å². The van der Waals surface area contributed by atoms with Gasteiger partial charge in [0, 0.05) is 28.9 Å². The number of likely N-dealkylation sites (N-methyl/N-ethyl adjacent to an activating group) is 1. The molecule has 1 aliphatic heterocycles. The van der Waals surface area contributed by atoms with Gasteiger partial charge in [0.15, 0.2) is 0 Å². The van der Waals surface area contributed by atoms with Gasteiger partial charge in [0.2, 0.25) is 5.91 Å². The molecule has 126 valence electrons. The second-order valence-electron chi connectivity index (χ2n) is 5.89. The molecular weight excluding hydrogens is 338 g/mol. The zero-order valence-electron chi connectivity index (χ0n) is 13.6. The van der Waals surface area contributed by atoms with Crippen molar-refractivity contribution in [3.05, 3.63) is 65.3 Å². The van der Waals surface area contributed by atoms with Crippen LogP contribution in [0.3, 0.4) is 0 Å². The first kappa shape index (κ1) is 15.7. The largest absolute Gasteiger partial charge is 0.488 e. The van der Waals surface area contributed by atoms with E-state index >= 15 is 0 Å². The van der Waals surface area contributed by atoms with E-state index in [-0.39, 0.29) is 12.5 Å². The number of rotatable bonds is 3. The smallest absolute Gasteiger partial charge is 0.248 e. The van der Waals surface area contributed by atoms with Crippen LogP contribution < -0.4 is 9.64 Å². The predicted octanol–water partition coefficient (Wildman–Crippen LogP) is 3.76. The quantitative estimate of drug-likeness (QED) is 0.720. The number of hydrogen-bond acceptors (Lipinski definition) is 3. The Bertz CT molecular complexity index is 951. The van der Waals surface area contributed by atoms with Crippen LogP contribution in [0.2, 0.25) is 5.02 Å². The minimum atomic E-state index is -0.0721. The third kappa shape index (κ3) is 2.87. The molecule has 0 saturated carbocycles. The van der Waals surface area contributed by atoms with Crippen molar-refractivity contribution in [1.29, 1.82) is 0 Å². The number of nitrogens with zero attached hydrogens (tertiary/aromatic N) is 3. The zero-order chi connectivity index (χ0) is 17.4. The lowest BCUT2D eigenvalue weighted by atomic mass is 10.0. The fourth-order valence-corrected chi connectivity index (χ4v) is 3.15. The van der Waals surface area contributed by atoms with Crippen molar-refractivity contribution in [2.45, 2.75) is 13.2 Å². The highest BCUT2D eigenvalue weighted by Gasteiger charge is 2.23. The van der Waals surface area contributed by atoms with Gasteiger partial charge in [-0.05, 0) is 30.3 Å². The molecule has 6 heteroatoms. The lowest BCUT2D eigenvalue weighted by Gasteiger charge is -2.21. The molecule has 2 heterocycles. The molecule has 0 saturated heterocycles. The topological polar surface area (TPSA) is 47.4 Å². The molecule has 0 fully saturated rings. The summed E-state index contributed by atoms with van der Waals surface area (Å²) in [6.07, 6.45) is 1.76. The molecule has 1 aliphatic rings. The van der Waals surface area contributed by atoms with Crippen molar-refractivity contribution in [2.75, 3.05) is 11.9 Å². The number of amides is 1. The van der Waals surface area contributed by atoms with Crippen molar-refractivity contribution in [3.63, 3.8) is 0 Å². The Morgan fingerprint density at radius 1 is 1.28 bits per heavy atom. The second kappa shape index (κ2) is 6.26. The number of anilines is 1. The molecular formula is C19H16ClN3O2. The molecule has 0 bridgehead atoms. The molecule has 0 radical (unpaired) electrons. The van der Waals surface area contributed by atoms with E-state index in [2.05, 4.69) is 5.10 Å². The minimum absolute atomic E-state index is 0.0721. The third-order valence-corrected chi connectivity index (χ3v) is 4.53. The van der Waals surface area contributed by atoms with Crippen molar-refractivity contribution in [1.82, 2.24) is 9.78 Å². The fraction of sp³-hybridized carbons (Fsp3) is 0.158. The van der Waals surface area contributed by atoms with Crippen LogP contribution in [0.5, 0.6) is 5.75 Å². The van der Waals surface area contributed by atoms with Crippen LogP contribution in [0.4, 0.5) is 5.69 Å². The highest BCUT2D eigenvalue weighted by atomic mass is 35.5. The molecule has 0 aliphatic carbocycles. The summed E-state index contributed by atoms with van der Waals surface area (Å²) in [6, 6.07) is 15.0. The Labute approximate surface area is 150 Å². The molecule has 0 N–H and O–H groups in total. The Hall–Kier alpha value is -2.79. The van der Waals surface area contributed by atoms with Gasteiger partial charge in [-0.25, -0.2) is 0 Å². The van der Waals surface area contributed by atoms with Gasteiger partial charge < -0.3 is 9.64 Å². The Morgan fingerprint density at radius 3 is 2.96 bits per heavy atom. The Morgan fingerprint density at radius 2 is 2.12 bits per heavy atom. The average Bonchev–Trinajstić information content (AvgIpc) is 3.04. The van der Waals surface area contributed by atoms with Gasteiger partial charge in [0.05, 0.1) is 11.9 Å². The Balaban J connectivity index is 1.63. The van der Waals surface area contributed by atoms with Crippen LogP contribution in [-0.2, 0) is 17.9 Å². The summed E-state index contributed by atoms with van der Waals surface area (Å²) in [6.45, 7) is 0.608. The lowest BCUT2D eigenvalue weighted by Crippen LogP contribution is -2.30. The second-order valence-corrected chi connectivity index (χ2v) is 6.33. The number of benzene rings is 2. The summed E-state index contributed by atoms with van der Waals surface area (Å²) in [4.78, 5) is 14.3. The molecule has 3 aromatic rings. The summed E-state index contributed by atoms with van der Waals surface area (Å²) in [5.74, 6) is 0.740. The van der Waals surface area contributed by atoms with E-state index in [9.17, 15) is 4.79 Å². The van der Waals surface area contributed by atoms with Crippen molar-refractivity contribution >= 4 is 23.2 Å². The molecule has 25 heavy (non-hydrogen) atoms. The molecule has 5 nitrogen and oxygen atoms in total. The normalized spacial score (nSPS) is 12.1. The molecule has 0 spiro atoms. The lowest BCUT2D eigenvalue weighted by molar-refractivity contribution is -0.119. The monoisotopic (exact) mass is 353 g/mol. The van der Waals surface area contributed by atoms with Gasteiger partial charge in [-0.15, -0.1) is 0 Å². The van der Waals surface area contributed by atoms with Crippen molar-refractivity contribution < 1.29 is 9.53 Å². The number of carbonyl (C=O) groups excluding carboxylic acids is 1. The van der Waals surface area contributed by atoms with Crippen LogP contribution in [0.25, 0.3) is 11.3 Å². The van der Waals surface area contributed by atoms with E-state index in [4.69, 9.17) is 16.3 Å². The number of hydrogen-bond donors (Lipinski definition) is 0. The number of fused-ring (bicyclic) bond motifs is 3. The van der Waals surface area contributed by atoms with Crippen LogP contribution in [0, 0.1) is 0 Å². The zero-order valence-corrected chi connectivity index (χ0v) is 14.4. The number of halogens is 1. The molecule has 1 amide bonds. The van der Waals surface area contributed by atoms with Crippen molar-refractivity contribution in [2.24, 2.45) is 0 Å². The summed E-state index contributed by atoms with van der Waals surface area (Å²) < 4.78 is 7.47. The number of ether oxygens (including phenoxy) is 1. The summed E-state index contributed by atoms with van der Waals surface area (Å²) >= 11 is 6.02. The van der Waals surface area contributed by atoms with Gasteiger partial charge in [-0.1, -0.05) is 29.8 Å². The molecule has 4 rings (SSSR count). The van der Waals surface area contributed by atoms with Gasteiger partial charge in [-0.2, -0.15) is 5.10 Å². The number of aromatic nitrogens is 2. The molecule has 0 atom stereocenters. The van der Waals surface area contributed by atoms with Crippen LogP contribution in [0.1, 0.15) is 5.56 Å². The molecule has 2 aromatic carbocycles. The first-order chi connectivity index (χ1) is 12.1. The predicted molar refractivity (Wildman–Crippen MR) is 96.9 cm³/mol. The van der Waals surface area contributed by atoms with Crippen molar-refractivity contribution in [3.8, 4) is 17.0 Å². The summed E-state index contributed by atoms with van der Waals surface area (Å²) in [7, 11) is 1.74. The van der Waals surface area contributed by atoms with E-state index < -0.39 is 0 Å². The standard InChI is InChI=1S/C19H16ClN3O2/c1-22(15-6-4-5-14(20)9-15)18(24)11-23-19-13(10-21-23)12-25-17-8-3-2-7-16(17)19/h2-10H,11-12H2,1H3. The first-order valence-electron chi connectivity index (χ1n) is 7.92. The van der Waals surface area contributed by atoms with Crippen LogP contribution in [0.15, 0.2) is 54.7 Å². The van der Waals surface area contributed by atoms with E-state index in [1.807, 2.05) is 36.4 Å². The number of carbonyl (C=O) groups is 1. The maximum absolute atomic E-state index is 12.7. The van der Waals surface area contributed by atoms with Gasteiger partial charge >= 0.3 is 0 Å².